The Labute approximate surface area is 124 Å². The first-order chi connectivity index (χ1) is 9.10. The number of anilines is 1. The van der Waals surface area contributed by atoms with Crippen LogP contribution in [0.3, 0.4) is 0 Å². The lowest BCUT2D eigenvalue weighted by Crippen LogP contribution is -2.23. The summed E-state index contributed by atoms with van der Waals surface area (Å²) in [7, 11) is 0. The molecule has 0 unspecified atom stereocenters. The SMILES string of the molecule is CCc1ccc(CNC(=O)c2cc(Br)cnc2N)s1. The first-order valence-electron chi connectivity index (χ1n) is 5.87. The lowest BCUT2D eigenvalue weighted by atomic mass is 10.2. The molecular formula is C13H14BrN3OS. The second-order valence-corrected chi connectivity index (χ2v) is 6.16. The summed E-state index contributed by atoms with van der Waals surface area (Å²) in [6.07, 6.45) is 2.58. The van der Waals surface area contributed by atoms with Gasteiger partial charge in [-0.1, -0.05) is 6.92 Å². The van der Waals surface area contributed by atoms with Crippen LogP contribution in [0.25, 0.3) is 0 Å². The number of amides is 1. The highest BCUT2D eigenvalue weighted by Crippen LogP contribution is 2.18. The van der Waals surface area contributed by atoms with Crippen LogP contribution < -0.4 is 11.1 Å². The zero-order chi connectivity index (χ0) is 13.8. The predicted octanol–water partition coefficient (Wildman–Crippen LogP) is 2.98. The number of aromatic nitrogens is 1. The number of hydrogen-bond acceptors (Lipinski definition) is 4. The molecule has 100 valence electrons. The molecule has 0 aliphatic heterocycles. The van der Waals surface area contributed by atoms with Crippen molar-refractivity contribution in [2.75, 3.05) is 5.73 Å². The van der Waals surface area contributed by atoms with Crippen molar-refractivity contribution >= 4 is 39.0 Å². The van der Waals surface area contributed by atoms with Gasteiger partial charge in [-0.05, 0) is 40.5 Å². The Hall–Kier alpha value is -1.40. The number of rotatable bonds is 4. The van der Waals surface area contributed by atoms with Crippen LogP contribution in [0.2, 0.25) is 0 Å². The number of nitrogens with one attached hydrogen (secondary N) is 1. The molecule has 0 atom stereocenters. The topological polar surface area (TPSA) is 68.0 Å². The maximum Gasteiger partial charge on any atom is 0.255 e. The number of nitrogen functional groups attached to an aromatic ring is 1. The highest BCUT2D eigenvalue weighted by atomic mass is 79.9. The van der Waals surface area contributed by atoms with Gasteiger partial charge in [-0.2, -0.15) is 0 Å². The van der Waals surface area contributed by atoms with E-state index in [-0.39, 0.29) is 11.7 Å². The number of nitrogens with zero attached hydrogens (tertiary/aromatic N) is 1. The second-order valence-electron chi connectivity index (χ2n) is 3.99. The molecule has 19 heavy (non-hydrogen) atoms. The predicted molar refractivity (Wildman–Crippen MR) is 81.2 cm³/mol. The molecule has 0 fully saturated rings. The summed E-state index contributed by atoms with van der Waals surface area (Å²) >= 11 is 4.98. The molecule has 2 aromatic heterocycles. The van der Waals surface area contributed by atoms with E-state index in [4.69, 9.17) is 5.73 Å². The number of carbonyl (C=O) groups is 1. The molecule has 2 aromatic rings. The van der Waals surface area contributed by atoms with Gasteiger partial charge in [0.1, 0.15) is 5.82 Å². The van der Waals surface area contributed by atoms with Crippen LogP contribution in [0.1, 0.15) is 27.0 Å². The van der Waals surface area contributed by atoms with Gasteiger partial charge in [0.15, 0.2) is 0 Å². The molecule has 1 amide bonds. The number of hydrogen-bond donors (Lipinski definition) is 2. The minimum atomic E-state index is -0.210. The third kappa shape index (κ3) is 3.54. The Bertz CT molecular complexity index is 597. The van der Waals surface area contributed by atoms with Gasteiger partial charge in [0.2, 0.25) is 0 Å². The summed E-state index contributed by atoms with van der Waals surface area (Å²) in [5.74, 6) is 0.0267. The molecule has 6 heteroatoms. The van der Waals surface area contributed by atoms with Crippen LogP contribution >= 0.6 is 27.3 Å². The summed E-state index contributed by atoms with van der Waals surface area (Å²) in [5.41, 5.74) is 6.09. The van der Waals surface area contributed by atoms with Gasteiger partial charge < -0.3 is 11.1 Å². The van der Waals surface area contributed by atoms with Crippen LogP contribution in [0.4, 0.5) is 5.82 Å². The molecule has 3 N–H and O–H groups in total. The summed E-state index contributed by atoms with van der Waals surface area (Å²) in [5, 5.41) is 2.85. The van der Waals surface area contributed by atoms with E-state index in [0.29, 0.717) is 12.1 Å². The van der Waals surface area contributed by atoms with Crippen molar-refractivity contribution in [1.29, 1.82) is 0 Å². The van der Waals surface area contributed by atoms with E-state index in [9.17, 15) is 4.79 Å². The van der Waals surface area contributed by atoms with Crippen LogP contribution in [0.15, 0.2) is 28.9 Å². The number of thiophene rings is 1. The van der Waals surface area contributed by atoms with Crippen LogP contribution in [-0.4, -0.2) is 10.9 Å². The van der Waals surface area contributed by atoms with E-state index < -0.39 is 0 Å². The summed E-state index contributed by atoms with van der Waals surface area (Å²) in [4.78, 5) is 18.4. The molecule has 0 bridgehead atoms. The van der Waals surface area contributed by atoms with Crippen LogP contribution in [0, 0.1) is 0 Å². The fourth-order valence-electron chi connectivity index (χ4n) is 1.60. The van der Waals surface area contributed by atoms with Gasteiger partial charge in [0.05, 0.1) is 12.1 Å². The van der Waals surface area contributed by atoms with Crippen molar-refractivity contribution in [2.45, 2.75) is 19.9 Å². The molecule has 0 aliphatic rings. The first-order valence-corrected chi connectivity index (χ1v) is 7.48. The van der Waals surface area contributed by atoms with E-state index in [1.54, 1.807) is 23.6 Å². The Morgan fingerprint density at radius 1 is 1.47 bits per heavy atom. The smallest absolute Gasteiger partial charge is 0.255 e. The molecule has 0 aliphatic carbocycles. The molecule has 0 saturated heterocycles. The highest BCUT2D eigenvalue weighted by molar-refractivity contribution is 9.10. The van der Waals surface area contributed by atoms with Gasteiger partial charge in [-0.25, -0.2) is 4.98 Å². The minimum Gasteiger partial charge on any atom is -0.383 e. The van der Waals surface area contributed by atoms with Crippen molar-refractivity contribution in [3.05, 3.63) is 44.2 Å². The van der Waals surface area contributed by atoms with Crippen molar-refractivity contribution in [2.24, 2.45) is 0 Å². The van der Waals surface area contributed by atoms with Crippen molar-refractivity contribution in [3.63, 3.8) is 0 Å². The largest absolute Gasteiger partial charge is 0.383 e. The van der Waals surface area contributed by atoms with Gasteiger partial charge in [-0.15, -0.1) is 11.3 Å². The van der Waals surface area contributed by atoms with E-state index in [0.717, 1.165) is 15.8 Å². The number of aryl methyl sites for hydroxylation is 1. The van der Waals surface area contributed by atoms with Crippen molar-refractivity contribution < 1.29 is 4.79 Å². The maximum atomic E-state index is 12.0. The van der Waals surface area contributed by atoms with Gasteiger partial charge in [0, 0.05) is 20.4 Å². The van der Waals surface area contributed by atoms with Crippen molar-refractivity contribution in [1.82, 2.24) is 10.3 Å². The quantitative estimate of drug-likeness (QED) is 0.899. The van der Waals surface area contributed by atoms with E-state index in [1.807, 2.05) is 6.07 Å². The van der Waals surface area contributed by atoms with E-state index in [1.165, 1.54) is 4.88 Å². The molecule has 0 saturated carbocycles. The molecule has 0 radical (unpaired) electrons. The lowest BCUT2D eigenvalue weighted by molar-refractivity contribution is 0.0952. The standard InChI is InChI=1S/C13H14BrN3OS/c1-2-9-3-4-10(19-9)7-17-13(18)11-5-8(14)6-16-12(11)15/h3-6H,2,7H2,1H3,(H2,15,16)(H,17,18). The monoisotopic (exact) mass is 339 g/mol. The number of nitrogens with two attached hydrogens (primary N) is 1. The van der Waals surface area contributed by atoms with Gasteiger partial charge in [0.25, 0.3) is 5.91 Å². The Morgan fingerprint density at radius 3 is 2.89 bits per heavy atom. The fraction of sp³-hybridized carbons (Fsp3) is 0.231. The number of pyridine rings is 1. The summed E-state index contributed by atoms with van der Waals surface area (Å²) in [6, 6.07) is 5.79. The number of halogens is 1. The van der Waals surface area contributed by atoms with Gasteiger partial charge >= 0.3 is 0 Å². The average Bonchev–Trinajstić information content (AvgIpc) is 2.87. The first kappa shape index (κ1) is 14.0. The van der Waals surface area contributed by atoms with Crippen LogP contribution in [0.5, 0.6) is 0 Å². The second kappa shape index (κ2) is 6.16. The molecule has 0 aromatic carbocycles. The maximum absolute atomic E-state index is 12.0. The molecular weight excluding hydrogens is 326 g/mol. The number of carbonyl (C=O) groups excluding carboxylic acids is 1. The summed E-state index contributed by atoms with van der Waals surface area (Å²) in [6.45, 7) is 2.62. The zero-order valence-corrected chi connectivity index (χ0v) is 12.8. The minimum absolute atomic E-state index is 0.210. The highest BCUT2D eigenvalue weighted by Gasteiger charge is 2.11. The lowest BCUT2D eigenvalue weighted by Gasteiger charge is -2.06. The summed E-state index contributed by atoms with van der Waals surface area (Å²) < 4.78 is 0.733. The van der Waals surface area contributed by atoms with Crippen LogP contribution in [-0.2, 0) is 13.0 Å². The van der Waals surface area contributed by atoms with E-state index >= 15 is 0 Å². The molecule has 0 spiro atoms. The fourth-order valence-corrected chi connectivity index (χ4v) is 2.83. The zero-order valence-electron chi connectivity index (χ0n) is 10.4. The molecule has 2 rings (SSSR count). The van der Waals surface area contributed by atoms with Crippen molar-refractivity contribution in [3.8, 4) is 0 Å². The van der Waals surface area contributed by atoms with E-state index in [2.05, 4.69) is 39.2 Å². The normalized spacial score (nSPS) is 10.4. The Balaban J connectivity index is 2.03. The Kier molecular flexibility index (Phi) is 4.55. The molecule has 2 heterocycles. The van der Waals surface area contributed by atoms with Gasteiger partial charge in [-0.3, -0.25) is 4.79 Å². The average molecular weight is 340 g/mol. The molecule has 4 nitrogen and oxygen atoms in total. The third-order valence-electron chi connectivity index (χ3n) is 2.62. The Morgan fingerprint density at radius 2 is 2.21 bits per heavy atom. The third-order valence-corrected chi connectivity index (χ3v) is 4.28.